The molecule has 1 N–H and O–H groups in total. The minimum absolute atomic E-state index is 0.0727. The molecule has 106 valence electrons. The Kier molecular flexibility index (Phi) is 5.94. The van der Waals surface area contributed by atoms with E-state index in [9.17, 15) is 0 Å². The van der Waals surface area contributed by atoms with Crippen molar-refractivity contribution in [1.82, 2.24) is 5.32 Å². The Hall–Kier alpha value is -0.0600. The van der Waals surface area contributed by atoms with Crippen LogP contribution in [0.4, 0.5) is 0 Å². The molecule has 2 aromatic carbocycles. The fourth-order valence-corrected chi connectivity index (χ4v) is 3.70. The second kappa shape index (κ2) is 7.28. The lowest BCUT2D eigenvalue weighted by molar-refractivity contribution is 0.630. The smallest absolute Gasteiger partial charge is 0.0595 e. The molecule has 0 aliphatic heterocycles. The summed E-state index contributed by atoms with van der Waals surface area (Å²) < 4.78 is 2.06. The Morgan fingerprint density at radius 3 is 2.15 bits per heavy atom. The average Bonchev–Trinajstić information content (AvgIpc) is 2.38. The van der Waals surface area contributed by atoms with E-state index >= 15 is 0 Å². The van der Waals surface area contributed by atoms with E-state index in [0.717, 1.165) is 26.6 Å². The van der Waals surface area contributed by atoms with Gasteiger partial charge in [0.1, 0.15) is 0 Å². The first kappa shape index (κ1) is 16.3. The van der Waals surface area contributed by atoms with Crippen molar-refractivity contribution in [2.24, 2.45) is 0 Å². The van der Waals surface area contributed by atoms with Gasteiger partial charge < -0.3 is 5.32 Å². The van der Waals surface area contributed by atoms with Crippen molar-refractivity contribution in [2.75, 3.05) is 6.54 Å². The number of hydrogen-bond acceptors (Lipinski definition) is 1. The van der Waals surface area contributed by atoms with Crippen LogP contribution in [-0.4, -0.2) is 6.54 Å². The highest BCUT2D eigenvalue weighted by Crippen LogP contribution is 2.31. The fraction of sp³-hybridized carbons (Fsp3) is 0.200. The predicted octanol–water partition coefficient (Wildman–Crippen LogP) is 6.22. The van der Waals surface area contributed by atoms with E-state index in [1.807, 2.05) is 24.3 Å². The Balaban J connectivity index is 2.46. The first-order chi connectivity index (χ1) is 9.51. The van der Waals surface area contributed by atoms with E-state index in [2.05, 4.69) is 56.2 Å². The van der Waals surface area contributed by atoms with Crippen LogP contribution in [0.1, 0.15) is 24.1 Å². The lowest BCUT2D eigenvalue weighted by Crippen LogP contribution is -2.22. The molecular formula is C15H13Br2Cl2N. The van der Waals surface area contributed by atoms with Gasteiger partial charge in [-0.05, 0) is 48.0 Å². The van der Waals surface area contributed by atoms with Gasteiger partial charge in [0.15, 0.2) is 0 Å². The number of hydrogen-bond donors (Lipinski definition) is 1. The van der Waals surface area contributed by atoms with Gasteiger partial charge in [0.05, 0.1) is 16.1 Å². The van der Waals surface area contributed by atoms with Gasteiger partial charge in [-0.3, -0.25) is 0 Å². The van der Waals surface area contributed by atoms with Crippen LogP contribution in [0.3, 0.4) is 0 Å². The van der Waals surface area contributed by atoms with E-state index in [1.165, 1.54) is 0 Å². The summed E-state index contributed by atoms with van der Waals surface area (Å²) in [5.41, 5.74) is 2.25. The third-order valence-corrected chi connectivity index (χ3v) is 4.56. The topological polar surface area (TPSA) is 12.0 Å². The summed E-state index contributed by atoms with van der Waals surface area (Å²) in [5.74, 6) is 0. The number of benzene rings is 2. The van der Waals surface area contributed by atoms with Gasteiger partial charge >= 0.3 is 0 Å². The van der Waals surface area contributed by atoms with Crippen molar-refractivity contribution in [3.63, 3.8) is 0 Å². The summed E-state index contributed by atoms with van der Waals surface area (Å²) in [6.45, 7) is 2.94. The van der Waals surface area contributed by atoms with Gasteiger partial charge in [0.2, 0.25) is 0 Å². The van der Waals surface area contributed by atoms with Gasteiger partial charge in [-0.1, -0.05) is 68.1 Å². The molecule has 0 fully saturated rings. The third-order valence-electron chi connectivity index (χ3n) is 2.90. The Labute approximate surface area is 145 Å². The van der Waals surface area contributed by atoms with Gasteiger partial charge in [0, 0.05) is 8.95 Å². The quantitative estimate of drug-likeness (QED) is 0.598. The summed E-state index contributed by atoms with van der Waals surface area (Å²) in [7, 11) is 0. The van der Waals surface area contributed by atoms with Crippen LogP contribution in [0.5, 0.6) is 0 Å². The Morgan fingerprint density at radius 1 is 0.950 bits per heavy atom. The van der Waals surface area contributed by atoms with Crippen LogP contribution in [-0.2, 0) is 0 Å². The molecule has 0 spiro atoms. The summed E-state index contributed by atoms with van der Waals surface area (Å²) in [6.07, 6.45) is 0. The van der Waals surface area contributed by atoms with Crippen molar-refractivity contribution in [3.8, 4) is 0 Å². The summed E-state index contributed by atoms with van der Waals surface area (Å²) in [5, 5.41) is 4.61. The Bertz CT molecular complexity index is 597. The van der Waals surface area contributed by atoms with E-state index in [1.54, 1.807) is 0 Å². The molecule has 0 saturated heterocycles. The molecule has 2 aromatic rings. The second-order valence-electron chi connectivity index (χ2n) is 4.37. The number of nitrogens with one attached hydrogen (secondary N) is 1. The zero-order valence-electron chi connectivity index (χ0n) is 10.8. The molecule has 0 aromatic heterocycles. The monoisotopic (exact) mass is 435 g/mol. The average molecular weight is 438 g/mol. The van der Waals surface area contributed by atoms with Crippen molar-refractivity contribution in [3.05, 3.63) is 66.5 Å². The van der Waals surface area contributed by atoms with Gasteiger partial charge in [0.25, 0.3) is 0 Å². The molecule has 1 nitrogen and oxygen atoms in total. The highest BCUT2D eigenvalue weighted by atomic mass is 79.9. The molecule has 0 aliphatic rings. The minimum Gasteiger partial charge on any atom is -0.307 e. The molecule has 0 heterocycles. The van der Waals surface area contributed by atoms with Crippen molar-refractivity contribution < 1.29 is 0 Å². The van der Waals surface area contributed by atoms with E-state index in [4.69, 9.17) is 23.2 Å². The molecular weight excluding hydrogens is 425 g/mol. The lowest BCUT2D eigenvalue weighted by atomic mass is 9.99. The standard InChI is InChI=1S/C15H13Br2Cl2N/c1-2-20-15(9-3-4-13(18)14(19)7-9)10-5-11(16)8-12(17)6-10/h3-8,15,20H,2H2,1H3. The Morgan fingerprint density at radius 2 is 1.60 bits per heavy atom. The van der Waals surface area contributed by atoms with Crippen LogP contribution in [0.25, 0.3) is 0 Å². The minimum atomic E-state index is 0.0727. The predicted molar refractivity (Wildman–Crippen MR) is 93.8 cm³/mol. The van der Waals surface area contributed by atoms with Crippen LogP contribution >= 0.6 is 55.1 Å². The summed E-state index contributed by atoms with van der Waals surface area (Å²) >= 11 is 19.2. The molecule has 0 amide bonds. The molecule has 0 saturated carbocycles. The van der Waals surface area contributed by atoms with Gasteiger partial charge in [-0.15, -0.1) is 0 Å². The maximum atomic E-state index is 6.13. The zero-order chi connectivity index (χ0) is 14.7. The maximum Gasteiger partial charge on any atom is 0.0595 e. The van der Waals surface area contributed by atoms with E-state index in [0.29, 0.717) is 10.0 Å². The molecule has 5 heteroatoms. The molecule has 1 atom stereocenters. The molecule has 0 bridgehead atoms. The van der Waals surface area contributed by atoms with Crippen LogP contribution in [0.15, 0.2) is 45.3 Å². The number of halogens is 4. The first-order valence-corrected chi connectivity index (χ1v) is 8.49. The fourth-order valence-electron chi connectivity index (χ4n) is 2.07. The lowest BCUT2D eigenvalue weighted by Gasteiger charge is -2.20. The summed E-state index contributed by atoms with van der Waals surface area (Å²) in [4.78, 5) is 0. The van der Waals surface area contributed by atoms with E-state index in [-0.39, 0.29) is 6.04 Å². The van der Waals surface area contributed by atoms with Crippen LogP contribution in [0, 0.1) is 0 Å². The normalized spacial score (nSPS) is 12.4. The molecule has 0 radical (unpaired) electrons. The summed E-state index contributed by atoms with van der Waals surface area (Å²) in [6, 6.07) is 12.0. The molecule has 0 aliphatic carbocycles. The van der Waals surface area contributed by atoms with Crippen molar-refractivity contribution >= 4 is 55.1 Å². The number of rotatable bonds is 4. The molecule has 20 heavy (non-hydrogen) atoms. The van der Waals surface area contributed by atoms with Crippen LogP contribution < -0.4 is 5.32 Å². The van der Waals surface area contributed by atoms with Gasteiger partial charge in [-0.25, -0.2) is 0 Å². The second-order valence-corrected chi connectivity index (χ2v) is 7.01. The van der Waals surface area contributed by atoms with Crippen LogP contribution in [0.2, 0.25) is 10.0 Å². The van der Waals surface area contributed by atoms with Crippen molar-refractivity contribution in [1.29, 1.82) is 0 Å². The van der Waals surface area contributed by atoms with Gasteiger partial charge in [-0.2, -0.15) is 0 Å². The maximum absolute atomic E-state index is 6.13. The largest absolute Gasteiger partial charge is 0.307 e. The first-order valence-electron chi connectivity index (χ1n) is 6.15. The third kappa shape index (κ3) is 3.99. The highest BCUT2D eigenvalue weighted by Gasteiger charge is 2.15. The SMILES string of the molecule is CCNC(c1cc(Br)cc(Br)c1)c1ccc(Cl)c(Cl)c1. The highest BCUT2D eigenvalue weighted by molar-refractivity contribution is 9.11. The molecule has 1 unspecified atom stereocenters. The van der Waals surface area contributed by atoms with Crippen molar-refractivity contribution in [2.45, 2.75) is 13.0 Å². The molecule has 2 rings (SSSR count). The van der Waals surface area contributed by atoms with E-state index < -0.39 is 0 Å². The zero-order valence-corrected chi connectivity index (χ0v) is 15.4.